The molecular weight excluding hydrogens is 370 g/mol. The highest BCUT2D eigenvalue weighted by Gasteiger charge is 2.31. The largest absolute Gasteiger partial charge is 0.573 e. The molecule has 0 bridgehead atoms. The normalized spacial score (nSPS) is 11.6. The van der Waals surface area contributed by atoms with Gasteiger partial charge in [0.1, 0.15) is 17.1 Å². The van der Waals surface area contributed by atoms with Gasteiger partial charge in [0.25, 0.3) is 0 Å². The minimum absolute atomic E-state index is 0.102. The van der Waals surface area contributed by atoms with Crippen LogP contribution in [0.25, 0.3) is 10.9 Å². The first-order valence-electron chi connectivity index (χ1n) is 7.55. The van der Waals surface area contributed by atoms with Gasteiger partial charge in [-0.05, 0) is 29.8 Å². The van der Waals surface area contributed by atoms with E-state index in [9.17, 15) is 32.3 Å². The van der Waals surface area contributed by atoms with Gasteiger partial charge in [0.05, 0.1) is 10.9 Å². The highest BCUT2D eigenvalue weighted by Crippen LogP contribution is 2.24. The number of carbonyl (C=O) groups is 1. The Hall–Kier alpha value is -3.36. The summed E-state index contributed by atoms with van der Waals surface area (Å²) in [5, 5.41) is 8.79. The molecule has 3 aromatic rings. The van der Waals surface area contributed by atoms with Gasteiger partial charge < -0.3 is 14.4 Å². The molecule has 0 radical (unpaired) electrons. The van der Waals surface area contributed by atoms with Crippen molar-refractivity contribution in [3.05, 3.63) is 75.8 Å². The van der Waals surface area contributed by atoms with E-state index in [1.54, 1.807) is 0 Å². The molecule has 0 unspecified atom stereocenters. The quantitative estimate of drug-likeness (QED) is 0.699. The van der Waals surface area contributed by atoms with Crippen molar-refractivity contribution in [2.45, 2.75) is 12.9 Å². The minimum atomic E-state index is -4.86. The number of fused-ring (bicyclic) bond motifs is 1. The number of alkyl halides is 3. The third-order valence-corrected chi connectivity index (χ3v) is 3.77. The molecule has 27 heavy (non-hydrogen) atoms. The number of benzene rings is 2. The van der Waals surface area contributed by atoms with Crippen molar-refractivity contribution in [3.63, 3.8) is 0 Å². The number of hydrogen-bond acceptors (Lipinski definition) is 3. The van der Waals surface area contributed by atoms with Crippen LogP contribution >= 0.6 is 0 Å². The van der Waals surface area contributed by atoms with Crippen LogP contribution in [0, 0.1) is 5.82 Å². The number of nitrogens with zero attached hydrogens (tertiary/aromatic N) is 1. The van der Waals surface area contributed by atoms with E-state index in [1.807, 2.05) is 0 Å². The Balaban J connectivity index is 2.12. The number of halogens is 4. The molecule has 2 aromatic carbocycles. The summed E-state index contributed by atoms with van der Waals surface area (Å²) < 4.78 is 56.4. The molecule has 1 heterocycles. The molecular formula is C18H11F4NO4. The summed E-state index contributed by atoms with van der Waals surface area (Å²) in [6.45, 7) is -0.102. The lowest BCUT2D eigenvalue weighted by Gasteiger charge is -2.14. The molecule has 0 atom stereocenters. The second-order valence-electron chi connectivity index (χ2n) is 5.63. The zero-order valence-electron chi connectivity index (χ0n) is 13.5. The Bertz CT molecular complexity index is 1090. The molecule has 9 heteroatoms. The van der Waals surface area contributed by atoms with Gasteiger partial charge in [-0.2, -0.15) is 0 Å². The van der Waals surface area contributed by atoms with Crippen molar-refractivity contribution in [2.24, 2.45) is 0 Å². The van der Waals surface area contributed by atoms with E-state index in [4.69, 9.17) is 0 Å². The van der Waals surface area contributed by atoms with Gasteiger partial charge >= 0.3 is 12.3 Å². The average molecular weight is 381 g/mol. The molecule has 0 aliphatic heterocycles. The molecule has 3 rings (SSSR count). The van der Waals surface area contributed by atoms with Crippen molar-refractivity contribution in [1.82, 2.24) is 4.57 Å². The first kappa shape index (κ1) is 18.4. The van der Waals surface area contributed by atoms with Gasteiger partial charge in [-0.1, -0.05) is 18.2 Å². The molecule has 0 spiro atoms. The fraction of sp³-hybridized carbons (Fsp3) is 0.111. The highest BCUT2D eigenvalue weighted by molar-refractivity contribution is 5.92. The van der Waals surface area contributed by atoms with Gasteiger partial charge in [0, 0.05) is 12.7 Å². The maximum atomic E-state index is 14.1. The second-order valence-corrected chi connectivity index (χ2v) is 5.63. The van der Waals surface area contributed by atoms with E-state index in [-0.39, 0.29) is 12.1 Å². The summed E-state index contributed by atoms with van der Waals surface area (Å²) in [4.78, 5) is 23.5. The monoisotopic (exact) mass is 381 g/mol. The van der Waals surface area contributed by atoms with Crippen LogP contribution in [0.15, 0.2) is 53.5 Å². The summed E-state index contributed by atoms with van der Waals surface area (Å²) in [6.07, 6.45) is -3.83. The maximum absolute atomic E-state index is 14.1. The van der Waals surface area contributed by atoms with Crippen LogP contribution < -0.4 is 10.2 Å². The molecule has 0 saturated heterocycles. The van der Waals surface area contributed by atoms with Crippen molar-refractivity contribution in [2.75, 3.05) is 0 Å². The lowest BCUT2D eigenvalue weighted by molar-refractivity contribution is -0.274. The van der Waals surface area contributed by atoms with E-state index < -0.39 is 40.3 Å². The Kier molecular flexibility index (Phi) is 4.61. The number of pyridine rings is 1. The topological polar surface area (TPSA) is 68.5 Å². The van der Waals surface area contributed by atoms with Crippen LogP contribution in [-0.4, -0.2) is 22.0 Å². The van der Waals surface area contributed by atoms with E-state index >= 15 is 0 Å². The molecule has 0 amide bonds. The summed E-state index contributed by atoms with van der Waals surface area (Å²) >= 11 is 0. The number of carboxylic acids is 1. The second kappa shape index (κ2) is 6.75. The number of aromatic nitrogens is 1. The van der Waals surface area contributed by atoms with E-state index in [1.165, 1.54) is 28.8 Å². The number of ether oxygens (including phenoxy) is 1. The summed E-state index contributed by atoms with van der Waals surface area (Å²) in [5.41, 5.74) is -1.16. The first-order valence-corrected chi connectivity index (χ1v) is 7.55. The lowest BCUT2D eigenvalue weighted by atomic mass is 10.1. The molecule has 5 nitrogen and oxygen atoms in total. The summed E-state index contributed by atoms with van der Waals surface area (Å²) in [7, 11) is 0. The molecule has 1 aromatic heterocycles. The van der Waals surface area contributed by atoms with Gasteiger partial charge in [0.2, 0.25) is 5.43 Å². The molecule has 0 aliphatic carbocycles. The van der Waals surface area contributed by atoms with Crippen molar-refractivity contribution < 1.29 is 32.2 Å². The number of hydrogen-bond donors (Lipinski definition) is 1. The smallest absolute Gasteiger partial charge is 0.477 e. The van der Waals surface area contributed by atoms with Crippen LogP contribution in [-0.2, 0) is 6.54 Å². The minimum Gasteiger partial charge on any atom is -0.477 e. The van der Waals surface area contributed by atoms with Gasteiger partial charge in [-0.15, -0.1) is 13.2 Å². The first-order chi connectivity index (χ1) is 12.7. The van der Waals surface area contributed by atoms with E-state index in [0.717, 1.165) is 24.4 Å². The predicted octanol–water partition coefficient (Wildman–Crippen LogP) is 3.79. The van der Waals surface area contributed by atoms with Gasteiger partial charge in [-0.25, -0.2) is 9.18 Å². The van der Waals surface area contributed by atoms with Crippen LogP contribution in [0.1, 0.15) is 15.9 Å². The fourth-order valence-corrected chi connectivity index (χ4v) is 2.72. The fourth-order valence-electron chi connectivity index (χ4n) is 2.72. The van der Waals surface area contributed by atoms with E-state index in [0.29, 0.717) is 5.56 Å². The number of carboxylic acid groups (broad SMARTS) is 1. The van der Waals surface area contributed by atoms with Gasteiger partial charge in [0.15, 0.2) is 0 Å². The molecule has 140 valence electrons. The molecule has 0 saturated carbocycles. The Labute approximate surface area is 149 Å². The molecule has 0 fully saturated rings. The standard InChI is InChI=1S/C18H11F4NO4/c19-13-5-2-6-14-15(13)16(24)12(17(25)26)9-23(14)8-10-3-1-4-11(7-10)27-18(20,21)22/h1-7,9H,8H2,(H,25,26). The zero-order chi connectivity index (χ0) is 19.8. The summed E-state index contributed by atoms with van der Waals surface area (Å²) in [6, 6.07) is 8.85. The maximum Gasteiger partial charge on any atom is 0.573 e. The zero-order valence-corrected chi connectivity index (χ0v) is 13.5. The number of aromatic carboxylic acids is 1. The van der Waals surface area contributed by atoms with E-state index in [2.05, 4.69) is 4.74 Å². The van der Waals surface area contributed by atoms with Crippen molar-refractivity contribution in [3.8, 4) is 5.75 Å². The van der Waals surface area contributed by atoms with Crippen molar-refractivity contribution in [1.29, 1.82) is 0 Å². The Morgan fingerprint density at radius 1 is 1.15 bits per heavy atom. The highest BCUT2D eigenvalue weighted by atomic mass is 19.4. The number of rotatable bonds is 4. The average Bonchev–Trinajstić information content (AvgIpc) is 2.55. The third-order valence-electron chi connectivity index (χ3n) is 3.77. The third kappa shape index (κ3) is 3.91. The SMILES string of the molecule is O=C(O)c1cn(Cc2cccc(OC(F)(F)F)c2)c2cccc(F)c2c1=O. The molecule has 0 aliphatic rings. The summed E-state index contributed by atoms with van der Waals surface area (Å²) in [5.74, 6) is -2.87. The van der Waals surface area contributed by atoms with Crippen LogP contribution in [0.3, 0.4) is 0 Å². The van der Waals surface area contributed by atoms with Gasteiger partial charge in [-0.3, -0.25) is 4.79 Å². The van der Waals surface area contributed by atoms with Crippen LogP contribution in [0.2, 0.25) is 0 Å². The Morgan fingerprint density at radius 2 is 1.85 bits per heavy atom. The lowest BCUT2D eigenvalue weighted by Crippen LogP contribution is -2.20. The van der Waals surface area contributed by atoms with Crippen LogP contribution in [0.5, 0.6) is 5.75 Å². The Morgan fingerprint density at radius 3 is 2.52 bits per heavy atom. The molecule has 1 N–H and O–H groups in total. The predicted molar refractivity (Wildman–Crippen MR) is 87.4 cm³/mol. The van der Waals surface area contributed by atoms with Crippen LogP contribution in [0.4, 0.5) is 17.6 Å². The van der Waals surface area contributed by atoms with Crippen molar-refractivity contribution >= 4 is 16.9 Å².